The number of carbonyl (C=O) groups excluding carboxylic acids is 1. The van der Waals surface area contributed by atoms with Gasteiger partial charge in [-0.05, 0) is 12.5 Å². The molecule has 0 aromatic carbocycles. The SMILES string of the molecule is CNC(=O)c1cnn2ccc(-c3c(F)cn4nc(N[C@H]5CCN(C6COC6)C[C@H]5F)nc(NC)c34)nc12. The highest BCUT2D eigenvalue weighted by Gasteiger charge is 2.36. The molecule has 0 unspecified atom stereocenters. The summed E-state index contributed by atoms with van der Waals surface area (Å²) in [4.78, 5) is 23.3. The number of halogens is 2. The van der Waals surface area contributed by atoms with E-state index in [4.69, 9.17) is 4.74 Å². The summed E-state index contributed by atoms with van der Waals surface area (Å²) < 4.78 is 38.3. The van der Waals surface area contributed by atoms with Crippen LogP contribution in [0.25, 0.3) is 22.4 Å². The van der Waals surface area contributed by atoms with Crippen LogP contribution in [0.2, 0.25) is 0 Å². The number of nitrogens with zero attached hydrogens (tertiary/aromatic N) is 7. The van der Waals surface area contributed by atoms with E-state index in [0.29, 0.717) is 37.5 Å². The number of carbonyl (C=O) groups is 1. The minimum Gasteiger partial charge on any atom is -0.378 e. The number of fused-ring (bicyclic) bond motifs is 2. The molecule has 6 heterocycles. The summed E-state index contributed by atoms with van der Waals surface area (Å²) in [7, 11) is 3.17. The van der Waals surface area contributed by atoms with Crippen molar-refractivity contribution in [3.63, 3.8) is 0 Å². The Kier molecular flexibility index (Phi) is 5.83. The van der Waals surface area contributed by atoms with E-state index in [9.17, 15) is 9.18 Å². The summed E-state index contributed by atoms with van der Waals surface area (Å²) in [6, 6.07) is 1.42. The van der Waals surface area contributed by atoms with Crippen LogP contribution in [0.15, 0.2) is 24.7 Å². The molecule has 14 heteroatoms. The van der Waals surface area contributed by atoms with Crippen molar-refractivity contribution in [2.75, 3.05) is 51.0 Å². The maximum atomic E-state index is 15.3. The van der Waals surface area contributed by atoms with Crippen LogP contribution >= 0.6 is 0 Å². The highest BCUT2D eigenvalue weighted by atomic mass is 19.1. The van der Waals surface area contributed by atoms with Crippen LogP contribution < -0.4 is 16.0 Å². The topological polar surface area (TPSA) is 126 Å². The van der Waals surface area contributed by atoms with Gasteiger partial charge in [-0.15, -0.1) is 5.10 Å². The quantitative estimate of drug-likeness (QED) is 0.349. The monoisotopic (exact) mass is 512 g/mol. The smallest absolute Gasteiger partial charge is 0.256 e. The number of likely N-dealkylation sites (tertiary alicyclic amines) is 1. The first-order valence-electron chi connectivity index (χ1n) is 12.0. The standard InChI is InChI=1S/C23H26F2N10O2/c1-26-20-19-18(17-4-6-34-21(29-17)13(7-28-34)22(36)27-2)15(25)9-35(19)32-23(31-20)30-16-3-5-33(8-14(16)24)12-10-37-11-12/h4,6-7,9,12,14,16H,3,5,8,10-11H2,1-2H3,(H,27,36)(H2,26,30,31,32)/t14-,16+/m1/s1. The minimum absolute atomic E-state index is 0.168. The molecule has 0 aliphatic carbocycles. The van der Waals surface area contributed by atoms with Gasteiger partial charge < -0.3 is 20.7 Å². The molecule has 0 saturated carbocycles. The fraction of sp³-hybridized carbons (Fsp3) is 0.435. The first-order chi connectivity index (χ1) is 18.0. The molecule has 2 atom stereocenters. The molecule has 2 aliphatic rings. The van der Waals surface area contributed by atoms with Gasteiger partial charge in [-0.2, -0.15) is 10.1 Å². The second-order valence-electron chi connectivity index (χ2n) is 9.14. The molecule has 2 fully saturated rings. The Bertz CT molecular complexity index is 1480. The number of aromatic nitrogens is 6. The lowest BCUT2D eigenvalue weighted by Gasteiger charge is -2.42. The number of amides is 1. The molecule has 1 amide bonds. The van der Waals surface area contributed by atoms with Gasteiger partial charge in [0.2, 0.25) is 5.95 Å². The third-order valence-electron chi connectivity index (χ3n) is 6.94. The van der Waals surface area contributed by atoms with Crippen LogP contribution in [-0.4, -0.2) is 98.7 Å². The van der Waals surface area contributed by atoms with Crippen molar-refractivity contribution in [3.05, 3.63) is 36.0 Å². The molecule has 12 nitrogen and oxygen atoms in total. The highest BCUT2D eigenvalue weighted by Crippen LogP contribution is 2.33. The van der Waals surface area contributed by atoms with Gasteiger partial charge in [0, 0.05) is 33.4 Å². The number of anilines is 2. The van der Waals surface area contributed by atoms with E-state index in [1.165, 1.54) is 28.5 Å². The van der Waals surface area contributed by atoms with E-state index in [2.05, 4.69) is 41.0 Å². The predicted octanol–water partition coefficient (Wildman–Crippen LogP) is 1.20. The van der Waals surface area contributed by atoms with Crippen molar-refractivity contribution in [2.45, 2.75) is 24.7 Å². The first-order valence-corrected chi connectivity index (χ1v) is 12.0. The third-order valence-corrected chi connectivity index (χ3v) is 6.94. The number of alkyl halides is 1. The number of ether oxygens (including phenoxy) is 1. The van der Waals surface area contributed by atoms with Crippen LogP contribution in [0.5, 0.6) is 0 Å². The second kappa shape index (κ2) is 9.19. The number of piperidine rings is 1. The van der Waals surface area contributed by atoms with Crippen LogP contribution in [0.4, 0.5) is 20.5 Å². The van der Waals surface area contributed by atoms with Gasteiger partial charge in [0.1, 0.15) is 17.3 Å². The lowest BCUT2D eigenvalue weighted by atomic mass is 10.0. The molecular weight excluding hydrogens is 486 g/mol. The zero-order valence-corrected chi connectivity index (χ0v) is 20.3. The second-order valence-corrected chi connectivity index (χ2v) is 9.14. The van der Waals surface area contributed by atoms with E-state index in [1.54, 1.807) is 19.3 Å². The normalized spacial score (nSPS) is 20.8. The number of nitrogens with one attached hydrogen (secondary N) is 3. The third kappa shape index (κ3) is 4.01. The summed E-state index contributed by atoms with van der Waals surface area (Å²) >= 11 is 0. The Labute approximate surface area is 210 Å². The summed E-state index contributed by atoms with van der Waals surface area (Å²) in [5.74, 6) is -0.389. The van der Waals surface area contributed by atoms with Gasteiger partial charge in [-0.3, -0.25) is 9.69 Å². The maximum Gasteiger partial charge on any atom is 0.256 e. The van der Waals surface area contributed by atoms with Gasteiger partial charge in [-0.25, -0.2) is 22.8 Å². The Balaban J connectivity index is 1.33. The fourth-order valence-corrected chi connectivity index (χ4v) is 4.86. The molecule has 0 spiro atoms. The van der Waals surface area contributed by atoms with E-state index in [0.717, 1.165) is 6.54 Å². The van der Waals surface area contributed by atoms with Gasteiger partial charge in [0.05, 0.1) is 48.9 Å². The van der Waals surface area contributed by atoms with Crippen molar-refractivity contribution in [1.29, 1.82) is 0 Å². The Hall–Kier alpha value is -3.91. The average Bonchev–Trinajstić information content (AvgIpc) is 3.43. The Morgan fingerprint density at radius 2 is 2.05 bits per heavy atom. The molecule has 6 rings (SSSR count). The Morgan fingerprint density at radius 3 is 2.76 bits per heavy atom. The van der Waals surface area contributed by atoms with Gasteiger partial charge in [0.15, 0.2) is 17.3 Å². The van der Waals surface area contributed by atoms with E-state index < -0.39 is 18.0 Å². The molecule has 0 radical (unpaired) electrons. The summed E-state index contributed by atoms with van der Waals surface area (Å²) in [6.07, 6.45) is 3.72. The maximum absolute atomic E-state index is 15.3. The van der Waals surface area contributed by atoms with Crippen molar-refractivity contribution in [3.8, 4) is 11.3 Å². The molecule has 4 aromatic rings. The largest absolute Gasteiger partial charge is 0.378 e. The fourth-order valence-electron chi connectivity index (χ4n) is 4.86. The first kappa shape index (κ1) is 23.5. The van der Waals surface area contributed by atoms with Crippen LogP contribution in [0.1, 0.15) is 16.8 Å². The van der Waals surface area contributed by atoms with Crippen molar-refractivity contribution in [1.82, 2.24) is 39.4 Å². The molecule has 2 aliphatic heterocycles. The molecular formula is C23H26F2N10O2. The van der Waals surface area contributed by atoms with Crippen LogP contribution in [0, 0.1) is 5.82 Å². The van der Waals surface area contributed by atoms with Gasteiger partial charge in [0.25, 0.3) is 5.91 Å². The number of hydrogen-bond acceptors (Lipinski definition) is 9. The van der Waals surface area contributed by atoms with E-state index in [1.807, 2.05) is 0 Å². The predicted molar refractivity (Wildman–Crippen MR) is 131 cm³/mol. The summed E-state index contributed by atoms with van der Waals surface area (Å²) in [5, 5.41) is 17.2. The number of rotatable bonds is 6. The highest BCUT2D eigenvalue weighted by molar-refractivity contribution is 6.00. The molecule has 37 heavy (non-hydrogen) atoms. The molecule has 4 aromatic heterocycles. The van der Waals surface area contributed by atoms with Crippen molar-refractivity contribution in [2.24, 2.45) is 0 Å². The van der Waals surface area contributed by atoms with E-state index >= 15 is 4.39 Å². The summed E-state index contributed by atoms with van der Waals surface area (Å²) in [5.41, 5.74) is 1.37. The van der Waals surface area contributed by atoms with Crippen molar-refractivity contribution < 1.29 is 18.3 Å². The van der Waals surface area contributed by atoms with Crippen LogP contribution in [-0.2, 0) is 4.74 Å². The molecule has 194 valence electrons. The number of hydrogen-bond donors (Lipinski definition) is 3. The van der Waals surface area contributed by atoms with Crippen LogP contribution in [0.3, 0.4) is 0 Å². The lowest BCUT2D eigenvalue weighted by Crippen LogP contribution is -2.57. The average molecular weight is 513 g/mol. The zero-order chi connectivity index (χ0) is 25.7. The molecule has 3 N–H and O–H groups in total. The lowest BCUT2D eigenvalue weighted by molar-refractivity contribution is -0.0794. The zero-order valence-electron chi connectivity index (χ0n) is 20.3. The van der Waals surface area contributed by atoms with Gasteiger partial charge >= 0.3 is 0 Å². The molecule has 2 saturated heterocycles. The molecule has 0 bridgehead atoms. The minimum atomic E-state index is -1.11. The van der Waals surface area contributed by atoms with E-state index in [-0.39, 0.29) is 40.4 Å². The summed E-state index contributed by atoms with van der Waals surface area (Å²) in [6.45, 7) is 2.35. The van der Waals surface area contributed by atoms with Crippen molar-refractivity contribution >= 4 is 28.8 Å². The Morgan fingerprint density at radius 1 is 1.22 bits per heavy atom. The van der Waals surface area contributed by atoms with Gasteiger partial charge in [-0.1, -0.05) is 0 Å².